The van der Waals surface area contributed by atoms with E-state index >= 15 is 0 Å². The van der Waals surface area contributed by atoms with Gasteiger partial charge in [0.15, 0.2) is 0 Å². The monoisotopic (exact) mass is 706 g/mol. The number of nitrogens with zero attached hydrogens (tertiary/aromatic N) is 2. The molecule has 3 heteroatoms. The van der Waals surface area contributed by atoms with E-state index in [9.17, 15) is 0 Å². The molecule has 3 aromatic heterocycles. The van der Waals surface area contributed by atoms with E-state index in [4.69, 9.17) is 0 Å². The van der Waals surface area contributed by atoms with Crippen LogP contribution >= 0.6 is 11.3 Å². The lowest BCUT2D eigenvalue weighted by Crippen LogP contribution is -2.14. The number of rotatable bonds is 3. The van der Waals surface area contributed by atoms with Crippen LogP contribution in [0.3, 0.4) is 0 Å². The molecule has 0 radical (unpaired) electrons. The molecule has 54 heavy (non-hydrogen) atoms. The number of thiophene rings is 1. The molecule has 3 heterocycles. The van der Waals surface area contributed by atoms with Crippen LogP contribution in [0.5, 0.6) is 0 Å². The second kappa shape index (κ2) is 10.8. The maximum atomic E-state index is 2.48. The third kappa shape index (κ3) is 3.94. The van der Waals surface area contributed by atoms with Crippen LogP contribution in [-0.2, 0) is 5.41 Å². The molecule has 0 aliphatic heterocycles. The van der Waals surface area contributed by atoms with Crippen molar-refractivity contribution in [3.63, 3.8) is 0 Å². The Kier molecular flexibility index (Phi) is 6.03. The van der Waals surface area contributed by atoms with Crippen molar-refractivity contribution in [2.24, 2.45) is 0 Å². The maximum Gasteiger partial charge on any atom is 0.0561 e. The first kappa shape index (κ1) is 30.1. The fourth-order valence-electron chi connectivity index (χ4n) is 9.63. The van der Waals surface area contributed by atoms with Gasteiger partial charge in [-0.2, -0.15) is 0 Å². The Bertz CT molecular complexity index is 3340. The van der Waals surface area contributed by atoms with Gasteiger partial charge in [0.1, 0.15) is 0 Å². The molecule has 1 aliphatic carbocycles. The molecule has 0 saturated heterocycles. The summed E-state index contributed by atoms with van der Waals surface area (Å²) in [5, 5.41) is 7.80. The van der Waals surface area contributed by atoms with E-state index in [-0.39, 0.29) is 5.41 Å². The molecule has 254 valence electrons. The number of aromatic nitrogens is 2. The lowest BCUT2D eigenvalue weighted by atomic mass is 9.82. The highest BCUT2D eigenvalue weighted by Gasteiger charge is 2.36. The zero-order valence-electron chi connectivity index (χ0n) is 30.0. The van der Waals surface area contributed by atoms with Crippen LogP contribution in [0.15, 0.2) is 170 Å². The molecular weight excluding hydrogens is 673 g/mol. The summed E-state index contributed by atoms with van der Waals surface area (Å²) in [7, 11) is 0. The van der Waals surface area contributed by atoms with Crippen LogP contribution in [0.25, 0.3) is 97.4 Å². The zero-order valence-corrected chi connectivity index (χ0v) is 30.8. The Morgan fingerprint density at radius 3 is 1.93 bits per heavy atom. The van der Waals surface area contributed by atoms with E-state index in [1.807, 2.05) is 11.3 Å². The number of para-hydroxylation sites is 2. The third-order valence-electron chi connectivity index (χ3n) is 12.1. The molecule has 0 saturated carbocycles. The van der Waals surface area contributed by atoms with Crippen molar-refractivity contribution < 1.29 is 0 Å². The molecular formula is C51H34N2S. The maximum absolute atomic E-state index is 2.48. The van der Waals surface area contributed by atoms with Gasteiger partial charge >= 0.3 is 0 Å². The minimum Gasteiger partial charge on any atom is -0.309 e. The second-order valence-electron chi connectivity index (χ2n) is 15.3. The first-order valence-electron chi connectivity index (χ1n) is 18.8. The minimum atomic E-state index is -0.0774. The van der Waals surface area contributed by atoms with E-state index in [0.717, 1.165) is 5.69 Å². The standard InChI is InChI=1S/C51H34N2S/c1-51(2)42-22-11-9-18-35(42)40-29-41-36-25-24-33(28-46(36)52(47(41)30-43(40)51)32-16-7-4-8-17-32)53-44-23-12-10-19-39(44)48-45(53)27-26-38-37-21-13-20-34(49(37)54-50(38)48)31-14-5-3-6-15-31/h3-30H,1-2H3. The van der Waals surface area contributed by atoms with Crippen LogP contribution in [0, 0.1) is 0 Å². The van der Waals surface area contributed by atoms with Crippen molar-refractivity contribution in [1.82, 2.24) is 9.13 Å². The average Bonchev–Trinajstić information content (AvgIpc) is 3.93. The average molecular weight is 707 g/mol. The van der Waals surface area contributed by atoms with E-state index in [2.05, 4.69) is 193 Å². The van der Waals surface area contributed by atoms with Gasteiger partial charge in [-0.3, -0.25) is 0 Å². The largest absolute Gasteiger partial charge is 0.309 e. The lowest BCUT2D eigenvalue weighted by Gasteiger charge is -2.21. The molecule has 12 rings (SSSR count). The van der Waals surface area contributed by atoms with Gasteiger partial charge in [-0.05, 0) is 81.9 Å². The van der Waals surface area contributed by atoms with E-state index in [0.29, 0.717) is 0 Å². The summed E-state index contributed by atoms with van der Waals surface area (Å²) in [4.78, 5) is 0. The fraction of sp³-hybridized carbons (Fsp3) is 0.0588. The lowest BCUT2D eigenvalue weighted by molar-refractivity contribution is 0.661. The van der Waals surface area contributed by atoms with E-state index < -0.39 is 0 Å². The molecule has 0 N–H and O–H groups in total. The Hall–Kier alpha value is -6.42. The number of fused-ring (bicyclic) bond motifs is 13. The first-order chi connectivity index (χ1) is 26.6. The SMILES string of the molecule is CC1(C)c2ccccc2-c2cc3c4ccc(-n5c6ccccc6c6c7sc8c(-c9ccccc9)cccc8c7ccc65)cc4n(-c4ccccc4)c3cc21. The normalized spacial score (nSPS) is 13.5. The first-order valence-corrected chi connectivity index (χ1v) is 19.6. The van der Waals surface area contributed by atoms with Crippen molar-refractivity contribution >= 4 is 75.1 Å². The number of hydrogen-bond donors (Lipinski definition) is 0. The predicted octanol–water partition coefficient (Wildman–Crippen LogP) is 14.2. The molecule has 0 atom stereocenters. The van der Waals surface area contributed by atoms with Crippen LogP contribution in [0.1, 0.15) is 25.0 Å². The predicted molar refractivity (Wildman–Crippen MR) is 231 cm³/mol. The van der Waals surface area contributed by atoms with Gasteiger partial charge in [0.05, 0.1) is 22.1 Å². The Morgan fingerprint density at radius 2 is 1.06 bits per heavy atom. The van der Waals surface area contributed by atoms with E-state index in [1.54, 1.807) is 0 Å². The summed E-state index contributed by atoms with van der Waals surface area (Å²) in [5.41, 5.74) is 15.2. The van der Waals surface area contributed by atoms with Gasteiger partial charge in [-0.25, -0.2) is 0 Å². The Morgan fingerprint density at radius 1 is 0.389 bits per heavy atom. The van der Waals surface area contributed by atoms with Crippen molar-refractivity contribution in [2.45, 2.75) is 19.3 Å². The molecule has 11 aromatic rings. The quantitative estimate of drug-likeness (QED) is 0.173. The van der Waals surface area contributed by atoms with E-state index in [1.165, 1.54) is 103 Å². The Labute approximate surface area is 316 Å². The topological polar surface area (TPSA) is 9.86 Å². The summed E-state index contributed by atoms with van der Waals surface area (Å²) in [6, 6.07) is 63.1. The molecule has 2 nitrogen and oxygen atoms in total. The van der Waals surface area contributed by atoms with Crippen LogP contribution in [-0.4, -0.2) is 9.13 Å². The van der Waals surface area contributed by atoms with Gasteiger partial charge in [-0.15, -0.1) is 11.3 Å². The number of benzene rings is 8. The van der Waals surface area contributed by atoms with Crippen LogP contribution in [0.4, 0.5) is 0 Å². The van der Waals surface area contributed by atoms with Crippen molar-refractivity contribution in [1.29, 1.82) is 0 Å². The second-order valence-corrected chi connectivity index (χ2v) is 16.3. The molecule has 8 aromatic carbocycles. The summed E-state index contributed by atoms with van der Waals surface area (Å²) in [6.45, 7) is 4.74. The van der Waals surface area contributed by atoms with Gasteiger partial charge in [-0.1, -0.05) is 135 Å². The van der Waals surface area contributed by atoms with Gasteiger partial charge in [0.25, 0.3) is 0 Å². The molecule has 0 bridgehead atoms. The van der Waals surface area contributed by atoms with Crippen molar-refractivity contribution in [2.75, 3.05) is 0 Å². The Balaban J connectivity index is 1.15. The fourth-order valence-corrected chi connectivity index (χ4v) is 11.0. The van der Waals surface area contributed by atoms with Gasteiger partial charge in [0, 0.05) is 58.5 Å². The molecule has 1 aliphatic rings. The van der Waals surface area contributed by atoms with Crippen LogP contribution in [0.2, 0.25) is 0 Å². The highest BCUT2D eigenvalue weighted by atomic mass is 32.1. The van der Waals surface area contributed by atoms with Gasteiger partial charge in [0.2, 0.25) is 0 Å². The van der Waals surface area contributed by atoms with Crippen molar-refractivity contribution in [3.8, 4) is 33.6 Å². The zero-order chi connectivity index (χ0) is 35.7. The summed E-state index contributed by atoms with van der Waals surface area (Å²) in [5.74, 6) is 0. The highest BCUT2D eigenvalue weighted by Crippen LogP contribution is 2.51. The highest BCUT2D eigenvalue weighted by molar-refractivity contribution is 7.27. The molecule has 0 fully saturated rings. The number of hydrogen-bond acceptors (Lipinski definition) is 1. The summed E-state index contributed by atoms with van der Waals surface area (Å²) >= 11 is 1.93. The van der Waals surface area contributed by atoms with Gasteiger partial charge < -0.3 is 9.13 Å². The van der Waals surface area contributed by atoms with Crippen molar-refractivity contribution in [3.05, 3.63) is 181 Å². The van der Waals surface area contributed by atoms with Crippen LogP contribution < -0.4 is 0 Å². The molecule has 0 unspecified atom stereocenters. The minimum absolute atomic E-state index is 0.0774. The molecule has 0 spiro atoms. The summed E-state index contributed by atoms with van der Waals surface area (Å²) < 4.78 is 7.65. The smallest absolute Gasteiger partial charge is 0.0561 e. The third-order valence-corrected chi connectivity index (χ3v) is 13.4. The molecule has 0 amide bonds. The summed E-state index contributed by atoms with van der Waals surface area (Å²) in [6.07, 6.45) is 0.